The number of carbonyl (C=O) groups excluding carboxylic acids is 1. The Bertz CT molecular complexity index is 951. The molecule has 2 aliphatic rings. The fourth-order valence-corrected chi connectivity index (χ4v) is 5.57. The second-order valence-corrected chi connectivity index (χ2v) is 9.95. The number of aryl methyl sites for hydroxylation is 1. The fraction of sp³-hybridized carbons (Fsp3) is 0.600. The van der Waals surface area contributed by atoms with E-state index in [0.717, 1.165) is 18.5 Å². The van der Waals surface area contributed by atoms with Gasteiger partial charge in [0.05, 0.1) is 0 Å². The third-order valence-electron chi connectivity index (χ3n) is 5.91. The molecule has 0 aromatic carbocycles. The van der Waals surface area contributed by atoms with Crippen LogP contribution in [-0.2, 0) is 14.8 Å². The standard InChI is InChI=1S/C20H28N4O4S/c1-14-13-17(23-22-14)18-7-8-19(28-18)29(26,27)24-11-9-15(10-12-24)20(25)21-16-5-3-2-4-6-16/h7-8,13,15-16H,2-6,9-12H2,1H3,(H,21,25)(H,22,23). The lowest BCUT2D eigenvalue weighted by atomic mass is 9.93. The third kappa shape index (κ3) is 4.40. The molecule has 0 bridgehead atoms. The maximum Gasteiger partial charge on any atom is 0.276 e. The monoisotopic (exact) mass is 420 g/mol. The van der Waals surface area contributed by atoms with E-state index in [1.54, 1.807) is 12.1 Å². The van der Waals surface area contributed by atoms with Gasteiger partial charge in [-0.2, -0.15) is 9.40 Å². The van der Waals surface area contributed by atoms with Gasteiger partial charge in [0.25, 0.3) is 10.0 Å². The zero-order chi connectivity index (χ0) is 20.4. The number of furan rings is 1. The first-order chi connectivity index (χ1) is 13.9. The summed E-state index contributed by atoms with van der Waals surface area (Å²) in [7, 11) is -3.72. The van der Waals surface area contributed by atoms with Crippen molar-refractivity contribution < 1.29 is 17.6 Å². The fourth-order valence-electron chi connectivity index (χ4n) is 4.19. The van der Waals surface area contributed by atoms with Crippen molar-refractivity contribution in [3.63, 3.8) is 0 Å². The van der Waals surface area contributed by atoms with Gasteiger partial charge in [0, 0.05) is 30.7 Å². The summed E-state index contributed by atoms with van der Waals surface area (Å²) in [6.07, 6.45) is 6.75. The van der Waals surface area contributed by atoms with Gasteiger partial charge in [-0.15, -0.1) is 0 Å². The SMILES string of the molecule is Cc1cc(-c2ccc(S(=O)(=O)N3CCC(C(=O)NC4CCCCC4)CC3)o2)n[nH]1. The van der Waals surface area contributed by atoms with E-state index in [0.29, 0.717) is 37.4 Å². The van der Waals surface area contributed by atoms with Crippen molar-refractivity contribution in [1.29, 1.82) is 0 Å². The molecule has 0 radical (unpaired) electrons. The summed E-state index contributed by atoms with van der Waals surface area (Å²) in [6.45, 7) is 2.51. The van der Waals surface area contributed by atoms with E-state index >= 15 is 0 Å². The average molecular weight is 421 g/mol. The molecule has 1 aliphatic carbocycles. The number of carbonyl (C=O) groups is 1. The molecule has 3 heterocycles. The van der Waals surface area contributed by atoms with Crippen LogP contribution >= 0.6 is 0 Å². The Balaban J connectivity index is 1.36. The summed E-state index contributed by atoms with van der Waals surface area (Å²) in [4.78, 5) is 12.5. The number of nitrogens with zero attached hydrogens (tertiary/aromatic N) is 2. The number of aromatic nitrogens is 2. The van der Waals surface area contributed by atoms with E-state index in [9.17, 15) is 13.2 Å². The number of aromatic amines is 1. The van der Waals surface area contributed by atoms with E-state index in [1.807, 2.05) is 6.92 Å². The highest BCUT2D eigenvalue weighted by Gasteiger charge is 2.34. The number of piperidine rings is 1. The molecule has 1 saturated carbocycles. The Morgan fingerprint density at radius 3 is 2.55 bits per heavy atom. The summed E-state index contributed by atoms with van der Waals surface area (Å²) in [5.41, 5.74) is 1.44. The number of sulfonamides is 1. The predicted octanol–water partition coefficient (Wildman–Crippen LogP) is 2.83. The molecule has 0 atom stereocenters. The van der Waals surface area contributed by atoms with E-state index in [2.05, 4.69) is 15.5 Å². The molecule has 2 aromatic heterocycles. The summed E-state index contributed by atoms with van der Waals surface area (Å²) in [5.74, 6) is 0.361. The summed E-state index contributed by atoms with van der Waals surface area (Å²) in [5, 5.41) is 9.99. The normalized spacial score (nSPS) is 20.0. The highest BCUT2D eigenvalue weighted by atomic mass is 32.2. The summed E-state index contributed by atoms with van der Waals surface area (Å²) in [6, 6.07) is 5.17. The minimum atomic E-state index is -3.72. The Morgan fingerprint density at radius 2 is 1.90 bits per heavy atom. The first-order valence-electron chi connectivity index (χ1n) is 10.4. The van der Waals surface area contributed by atoms with Gasteiger partial charge in [-0.05, 0) is 50.8 Å². The lowest BCUT2D eigenvalue weighted by Gasteiger charge is -2.31. The van der Waals surface area contributed by atoms with Crippen LogP contribution in [0.4, 0.5) is 0 Å². The van der Waals surface area contributed by atoms with Crippen molar-refractivity contribution in [2.24, 2.45) is 5.92 Å². The van der Waals surface area contributed by atoms with E-state index in [-0.39, 0.29) is 23.0 Å². The molecule has 2 N–H and O–H groups in total. The van der Waals surface area contributed by atoms with Crippen LogP contribution in [0.2, 0.25) is 0 Å². The molecule has 2 fully saturated rings. The van der Waals surface area contributed by atoms with Crippen molar-refractivity contribution in [3.8, 4) is 11.5 Å². The molecule has 158 valence electrons. The summed E-state index contributed by atoms with van der Waals surface area (Å²) < 4.78 is 32.9. The number of amides is 1. The molecular weight excluding hydrogens is 392 g/mol. The van der Waals surface area contributed by atoms with Gasteiger partial charge in [-0.3, -0.25) is 9.89 Å². The van der Waals surface area contributed by atoms with Crippen LogP contribution in [0, 0.1) is 12.8 Å². The van der Waals surface area contributed by atoms with Crippen LogP contribution in [0.3, 0.4) is 0 Å². The number of hydrogen-bond donors (Lipinski definition) is 2. The quantitative estimate of drug-likeness (QED) is 0.773. The van der Waals surface area contributed by atoms with Crippen LogP contribution in [0.25, 0.3) is 11.5 Å². The second-order valence-electron chi connectivity index (χ2n) is 8.08. The maximum atomic E-state index is 12.9. The molecule has 1 amide bonds. The topological polar surface area (TPSA) is 108 Å². The van der Waals surface area contributed by atoms with Crippen LogP contribution < -0.4 is 5.32 Å². The molecular formula is C20H28N4O4S. The van der Waals surface area contributed by atoms with Crippen LogP contribution in [0.5, 0.6) is 0 Å². The van der Waals surface area contributed by atoms with Crippen LogP contribution in [0.1, 0.15) is 50.6 Å². The molecule has 4 rings (SSSR count). The summed E-state index contributed by atoms with van der Waals surface area (Å²) >= 11 is 0. The molecule has 1 saturated heterocycles. The van der Waals surface area contributed by atoms with Crippen molar-refractivity contribution in [3.05, 3.63) is 23.9 Å². The molecule has 0 spiro atoms. The minimum absolute atomic E-state index is 0.0723. The highest BCUT2D eigenvalue weighted by Crippen LogP contribution is 2.28. The average Bonchev–Trinajstić information content (AvgIpc) is 3.38. The maximum absolute atomic E-state index is 12.9. The zero-order valence-electron chi connectivity index (χ0n) is 16.7. The van der Waals surface area contributed by atoms with E-state index in [1.165, 1.54) is 29.6 Å². The Hall–Kier alpha value is -2.13. The molecule has 29 heavy (non-hydrogen) atoms. The first kappa shape index (κ1) is 20.2. The Morgan fingerprint density at radius 1 is 1.17 bits per heavy atom. The second kappa shape index (κ2) is 8.31. The number of rotatable bonds is 5. The van der Waals surface area contributed by atoms with Gasteiger partial charge in [-0.1, -0.05) is 19.3 Å². The lowest BCUT2D eigenvalue weighted by molar-refractivity contribution is -0.127. The van der Waals surface area contributed by atoms with Gasteiger partial charge in [0.1, 0.15) is 5.69 Å². The Kier molecular flexibility index (Phi) is 5.78. The van der Waals surface area contributed by atoms with Gasteiger partial charge < -0.3 is 9.73 Å². The van der Waals surface area contributed by atoms with Crippen LogP contribution in [0.15, 0.2) is 27.7 Å². The molecule has 8 nitrogen and oxygen atoms in total. The van der Waals surface area contributed by atoms with Crippen molar-refractivity contribution >= 4 is 15.9 Å². The van der Waals surface area contributed by atoms with Gasteiger partial charge in [0.2, 0.25) is 11.0 Å². The third-order valence-corrected chi connectivity index (χ3v) is 7.68. The molecule has 2 aromatic rings. The Labute approximate surface area is 171 Å². The van der Waals surface area contributed by atoms with Crippen LogP contribution in [-0.4, -0.2) is 48.0 Å². The number of hydrogen-bond acceptors (Lipinski definition) is 5. The van der Waals surface area contributed by atoms with Gasteiger partial charge in [0.15, 0.2) is 5.76 Å². The largest absolute Gasteiger partial charge is 0.442 e. The van der Waals surface area contributed by atoms with E-state index in [4.69, 9.17) is 4.42 Å². The molecule has 0 unspecified atom stereocenters. The van der Waals surface area contributed by atoms with E-state index < -0.39 is 10.0 Å². The number of nitrogens with one attached hydrogen (secondary N) is 2. The smallest absolute Gasteiger partial charge is 0.276 e. The lowest BCUT2D eigenvalue weighted by Crippen LogP contribution is -2.45. The van der Waals surface area contributed by atoms with Gasteiger partial charge in [-0.25, -0.2) is 8.42 Å². The first-order valence-corrected chi connectivity index (χ1v) is 11.8. The highest BCUT2D eigenvalue weighted by molar-refractivity contribution is 7.89. The van der Waals surface area contributed by atoms with Crippen molar-refractivity contribution in [1.82, 2.24) is 19.8 Å². The molecule has 1 aliphatic heterocycles. The molecule has 9 heteroatoms. The minimum Gasteiger partial charge on any atom is -0.442 e. The van der Waals surface area contributed by atoms with Crippen molar-refractivity contribution in [2.45, 2.75) is 63.0 Å². The van der Waals surface area contributed by atoms with Crippen molar-refractivity contribution in [2.75, 3.05) is 13.1 Å². The zero-order valence-corrected chi connectivity index (χ0v) is 17.5. The predicted molar refractivity (Wildman–Crippen MR) is 108 cm³/mol. The van der Waals surface area contributed by atoms with Gasteiger partial charge >= 0.3 is 0 Å². The number of H-pyrrole nitrogens is 1.